The first-order valence-electron chi connectivity index (χ1n) is 15.8. The van der Waals surface area contributed by atoms with Crippen LogP contribution in [0.3, 0.4) is 0 Å². The van der Waals surface area contributed by atoms with Crippen LogP contribution in [-0.2, 0) is 16.0 Å². The second kappa shape index (κ2) is 23.8. The number of anilines is 1. The molecule has 1 aromatic carbocycles. The van der Waals surface area contributed by atoms with Crippen LogP contribution in [0.15, 0.2) is 24.3 Å². The number of carbonyl (C=O) groups is 2. The number of unbranched alkanes of at least 4 members (excludes halogenated alkanes) is 2. The molecule has 2 amide bonds. The van der Waals surface area contributed by atoms with Gasteiger partial charge in [0.25, 0.3) is 0 Å². The van der Waals surface area contributed by atoms with Crippen molar-refractivity contribution in [2.45, 2.75) is 76.3 Å². The molecule has 15 N–H and O–H groups in total. The van der Waals surface area contributed by atoms with Crippen molar-refractivity contribution in [3.63, 3.8) is 0 Å². The monoisotopic (exact) mass is 618 g/mol. The fourth-order valence-corrected chi connectivity index (χ4v) is 4.66. The highest BCUT2D eigenvalue weighted by Crippen LogP contribution is 2.11. The highest BCUT2D eigenvalue weighted by molar-refractivity contribution is 5.81. The van der Waals surface area contributed by atoms with E-state index in [1.54, 1.807) is 0 Å². The van der Waals surface area contributed by atoms with Gasteiger partial charge in [0.2, 0.25) is 11.8 Å². The molecule has 0 radical (unpaired) electrons. The van der Waals surface area contributed by atoms with Gasteiger partial charge in [-0.3, -0.25) is 20.4 Å². The SMILES string of the molecule is CNc1ccc(CCCN(CCCNC(=O)[C@@H](N)CCCCNC(=N)N)CCCNC(=O)[C@@H](N)CCCCNC(=N)N)cc1. The summed E-state index contributed by atoms with van der Waals surface area (Å²) in [5, 5.41) is 28.9. The zero-order valence-corrected chi connectivity index (χ0v) is 26.6. The number of nitrogens with one attached hydrogen (secondary N) is 7. The average Bonchev–Trinajstić information content (AvgIpc) is 3.00. The average molecular weight is 619 g/mol. The minimum Gasteiger partial charge on any atom is -0.388 e. The molecule has 0 aromatic heterocycles. The van der Waals surface area contributed by atoms with Gasteiger partial charge in [-0.15, -0.1) is 0 Å². The second-order valence-electron chi connectivity index (χ2n) is 11.1. The van der Waals surface area contributed by atoms with Gasteiger partial charge in [-0.2, -0.15) is 0 Å². The van der Waals surface area contributed by atoms with Crippen LogP contribution in [0.1, 0.15) is 63.4 Å². The topological polar surface area (TPSA) is 249 Å². The maximum absolute atomic E-state index is 12.4. The maximum atomic E-state index is 12.4. The van der Waals surface area contributed by atoms with Crippen LogP contribution in [0, 0.1) is 10.8 Å². The van der Waals surface area contributed by atoms with Crippen molar-refractivity contribution in [3.8, 4) is 0 Å². The zero-order valence-electron chi connectivity index (χ0n) is 26.6. The van der Waals surface area contributed by atoms with Crippen LogP contribution in [0.4, 0.5) is 5.69 Å². The first-order valence-corrected chi connectivity index (χ1v) is 15.8. The quantitative estimate of drug-likeness (QED) is 0.0395. The second-order valence-corrected chi connectivity index (χ2v) is 11.1. The fraction of sp³-hybridized carbons (Fsp3) is 0.667. The molecule has 0 saturated heterocycles. The summed E-state index contributed by atoms with van der Waals surface area (Å²) in [5.41, 5.74) is 25.0. The third-order valence-corrected chi connectivity index (χ3v) is 7.27. The Balaban J connectivity index is 2.42. The number of amides is 2. The number of carbonyl (C=O) groups excluding carboxylic acids is 2. The molecule has 44 heavy (non-hydrogen) atoms. The van der Waals surface area contributed by atoms with E-state index in [-0.39, 0.29) is 23.7 Å². The third kappa shape index (κ3) is 19.5. The molecule has 1 aromatic rings. The van der Waals surface area contributed by atoms with Crippen LogP contribution in [0.25, 0.3) is 0 Å². The number of rotatable bonds is 25. The van der Waals surface area contributed by atoms with Gasteiger partial charge in [0.15, 0.2) is 11.9 Å². The highest BCUT2D eigenvalue weighted by Gasteiger charge is 2.14. The van der Waals surface area contributed by atoms with Gasteiger partial charge < -0.3 is 54.4 Å². The minimum absolute atomic E-state index is 0.0546. The maximum Gasteiger partial charge on any atom is 0.236 e. The van der Waals surface area contributed by atoms with E-state index in [0.29, 0.717) is 39.0 Å². The Morgan fingerprint density at radius 2 is 1.11 bits per heavy atom. The predicted molar refractivity (Wildman–Crippen MR) is 179 cm³/mol. The summed E-state index contributed by atoms with van der Waals surface area (Å²) in [4.78, 5) is 27.2. The Kier molecular flexibility index (Phi) is 20.8. The van der Waals surface area contributed by atoms with Crippen molar-refractivity contribution in [2.24, 2.45) is 22.9 Å². The molecular weight excluding hydrogens is 560 g/mol. The molecule has 0 fully saturated rings. The number of hydrogen-bond donors (Lipinski definition) is 11. The van der Waals surface area contributed by atoms with Crippen molar-refractivity contribution >= 4 is 29.4 Å². The molecular formula is C30H58N12O2. The van der Waals surface area contributed by atoms with Gasteiger partial charge in [-0.05, 0) is 102 Å². The fourth-order valence-electron chi connectivity index (χ4n) is 4.66. The Hall–Kier alpha value is -3.62. The lowest BCUT2D eigenvalue weighted by molar-refractivity contribution is -0.123. The molecule has 0 aliphatic rings. The molecule has 250 valence electrons. The van der Waals surface area contributed by atoms with E-state index in [1.807, 2.05) is 7.05 Å². The minimum atomic E-state index is -0.551. The van der Waals surface area contributed by atoms with E-state index >= 15 is 0 Å². The van der Waals surface area contributed by atoms with Crippen molar-refractivity contribution in [2.75, 3.05) is 58.2 Å². The van der Waals surface area contributed by atoms with Crippen molar-refractivity contribution in [3.05, 3.63) is 29.8 Å². The molecule has 1 rings (SSSR count). The summed E-state index contributed by atoms with van der Waals surface area (Å²) in [5.74, 6) is -0.396. The smallest absolute Gasteiger partial charge is 0.236 e. The normalized spacial score (nSPS) is 12.3. The first kappa shape index (κ1) is 38.4. The summed E-state index contributed by atoms with van der Waals surface area (Å²) >= 11 is 0. The molecule has 0 bridgehead atoms. The number of hydrogen-bond acceptors (Lipinski definition) is 8. The van der Waals surface area contributed by atoms with Crippen molar-refractivity contribution in [1.29, 1.82) is 10.8 Å². The number of aryl methyl sites for hydroxylation is 1. The van der Waals surface area contributed by atoms with E-state index in [4.69, 9.17) is 33.8 Å². The van der Waals surface area contributed by atoms with Gasteiger partial charge in [-0.1, -0.05) is 12.1 Å². The summed E-state index contributed by atoms with van der Waals surface area (Å²) in [6.45, 7) is 4.86. The van der Waals surface area contributed by atoms with E-state index in [2.05, 4.69) is 55.7 Å². The van der Waals surface area contributed by atoms with E-state index in [1.165, 1.54) is 5.56 Å². The van der Waals surface area contributed by atoms with Crippen molar-refractivity contribution in [1.82, 2.24) is 26.2 Å². The van der Waals surface area contributed by atoms with Gasteiger partial charge in [0.05, 0.1) is 12.1 Å². The molecule has 14 heteroatoms. The zero-order chi connectivity index (χ0) is 32.6. The van der Waals surface area contributed by atoms with Gasteiger partial charge >= 0.3 is 0 Å². The summed E-state index contributed by atoms with van der Waals surface area (Å²) < 4.78 is 0. The highest BCUT2D eigenvalue weighted by atomic mass is 16.2. The van der Waals surface area contributed by atoms with Crippen LogP contribution >= 0.6 is 0 Å². The molecule has 0 spiro atoms. The number of benzene rings is 1. The number of nitrogens with two attached hydrogens (primary N) is 4. The molecule has 0 aliphatic carbocycles. The van der Waals surface area contributed by atoms with Gasteiger partial charge in [0.1, 0.15) is 0 Å². The van der Waals surface area contributed by atoms with Crippen LogP contribution < -0.4 is 49.5 Å². The van der Waals surface area contributed by atoms with Gasteiger partial charge in [-0.25, -0.2) is 0 Å². The standard InChI is InChI=1S/C30H58N12O2/c1-37-24-14-12-23(13-15-24)9-6-20-42(21-7-18-38-27(43)25(31)10-2-4-16-40-29(33)34)22-8-19-39-28(44)26(32)11-3-5-17-41-30(35)36/h12-15,25-26,37H,2-11,16-22,31-32H2,1H3,(H,38,43)(H,39,44)(H4,33,34,40)(H4,35,36,41)/t25-,26-/m0/s1. The van der Waals surface area contributed by atoms with Crippen LogP contribution in [-0.4, -0.2) is 93.6 Å². The van der Waals surface area contributed by atoms with E-state index in [9.17, 15) is 9.59 Å². The van der Waals surface area contributed by atoms with E-state index in [0.717, 1.165) is 76.7 Å². The van der Waals surface area contributed by atoms with Crippen molar-refractivity contribution < 1.29 is 9.59 Å². The lowest BCUT2D eigenvalue weighted by Crippen LogP contribution is -2.42. The van der Waals surface area contributed by atoms with E-state index < -0.39 is 12.1 Å². The molecule has 2 atom stereocenters. The van der Waals surface area contributed by atoms with Gasteiger partial charge in [0, 0.05) is 38.9 Å². The van der Waals surface area contributed by atoms with Crippen LogP contribution in [0.2, 0.25) is 0 Å². The lowest BCUT2D eigenvalue weighted by atomic mass is 10.1. The number of guanidine groups is 2. The molecule has 0 unspecified atom stereocenters. The first-order chi connectivity index (χ1) is 21.1. The lowest BCUT2D eigenvalue weighted by Gasteiger charge is -2.23. The largest absolute Gasteiger partial charge is 0.388 e. The van der Waals surface area contributed by atoms with Crippen LogP contribution in [0.5, 0.6) is 0 Å². The third-order valence-electron chi connectivity index (χ3n) is 7.27. The Labute approximate surface area is 263 Å². The predicted octanol–water partition coefficient (Wildman–Crippen LogP) is -0.0632. The number of nitrogens with zero attached hydrogens (tertiary/aromatic N) is 1. The summed E-state index contributed by atoms with van der Waals surface area (Å²) in [6.07, 6.45) is 7.88. The molecule has 14 nitrogen and oxygen atoms in total. The molecule has 0 saturated carbocycles. The Bertz CT molecular complexity index is 910. The molecule has 0 aliphatic heterocycles. The summed E-state index contributed by atoms with van der Waals surface area (Å²) in [7, 11) is 1.91. The Morgan fingerprint density at radius 3 is 1.55 bits per heavy atom. The summed E-state index contributed by atoms with van der Waals surface area (Å²) in [6, 6.07) is 7.36. The Morgan fingerprint density at radius 1 is 0.682 bits per heavy atom. The molecule has 0 heterocycles.